The van der Waals surface area contributed by atoms with Crippen LogP contribution >= 0.6 is 0 Å². The zero-order valence-electron chi connectivity index (χ0n) is 20.4. The number of hydrogen-bond acceptors (Lipinski definition) is 6. The number of carbonyl (C=O) groups is 2. The SMILES string of the molecule is CC(C)(C(=O)NCC1CC1)c1ccc(CNC(=O)c2cccnc2Oc2ccc3c(c2)OCO3)cc1. The van der Waals surface area contributed by atoms with Crippen LogP contribution in [0.1, 0.15) is 48.2 Å². The normalized spacial score (nSPS) is 14.3. The largest absolute Gasteiger partial charge is 0.454 e. The van der Waals surface area contributed by atoms with Gasteiger partial charge in [-0.1, -0.05) is 24.3 Å². The summed E-state index contributed by atoms with van der Waals surface area (Å²) >= 11 is 0. The fourth-order valence-electron chi connectivity index (χ4n) is 3.92. The van der Waals surface area contributed by atoms with Crippen molar-refractivity contribution in [2.24, 2.45) is 5.92 Å². The van der Waals surface area contributed by atoms with E-state index in [1.165, 1.54) is 12.8 Å². The van der Waals surface area contributed by atoms with Crippen LogP contribution < -0.4 is 24.8 Å². The van der Waals surface area contributed by atoms with Crippen LogP contribution in [-0.2, 0) is 16.8 Å². The van der Waals surface area contributed by atoms with Crippen LogP contribution in [0.2, 0.25) is 0 Å². The van der Waals surface area contributed by atoms with Gasteiger partial charge in [-0.2, -0.15) is 0 Å². The molecule has 1 aliphatic heterocycles. The van der Waals surface area contributed by atoms with Gasteiger partial charge in [-0.15, -0.1) is 0 Å². The molecule has 1 aliphatic carbocycles. The van der Waals surface area contributed by atoms with Crippen molar-refractivity contribution in [2.45, 2.75) is 38.6 Å². The zero-order valence-corrected chi connectivity index (χ0v) is 20.4. The maximum atomic E-state index is 12.9. The molecule has 1 saturated carbocycles. The number of aromatic nitrogens is 1. The smallest absolute Gasteiger partial charge is 0.257 e. The van der Waals surface area contributed by atoms with E-state index in [0.717, 1.165) is 17.7 Å². The second-order valence-electron chi connectivity index (χ2n) is 9.63. The van der Waals surface area contributed by atoms with E-state index < -0.39 is 5.41 Å². The van der Waals surface area contributed by atoms with Crippen molar-refractivity contribution >= 4 is 11.8 Å². The Morgan fingerprint density at radius 2 is 1.81 bits per heavy atom. The molecule has 36 heavy (non-hydrogen) atoms. The highest BCUT2D eigenvalue weighted by Crippen LogP contribution is 2.36. The summed E-state index contributed by atoms with van der Waals surface area (Å²) in [6.45, 7) is 5.10. The van der Waals surface area contributed by atoms with E-state index in [0.29, 0.717) is 35.3 Å². The Balaban J connectivity index is 1.20. The van der Waals surface area contributed by atoms with E-state index >= 15 is 0 Å². The summed E-state index contributed by atoms with van der Waals surface area (Å²) < 4.78 is 16.6. The van der Waals surface area contributed by atoms with E-state index in [1.807, 2.05) is 38.1 Å². The van der Waals surface area contributed by atoms with Crippen molar-refractivity contribution in [3.63, 3.8) is 0 Å². The molecule has 0 unspecified atom stereocenters. The highest BCUT2D eigenvalue weighted by molar-refractivity contribution is 5.96. The third kappa shape index (κ3) is 5.27. The minimum Gasteiger partial charge on any atom is -0.454 e. The zero-order chi connectivity index (χ0) is 25.1. The molecule has 2 heterocycles. The van der Waals surface area contributed by atoms with Crippen LogP contribution in [0.5, 0.6) is 23.1 Å². The fourth-order valence-corrected chi connectivity index (χ4v) is 3.92. The molecule has 3 aromatic rings. The molecule has 1 aromatic heterocycles. The highest BCUT2D eigenvalue weighted by Gasteiger charge is 2.31. The van der Waals surface area contributed by atoms with Crippen LogP contribution in [0, 0.1) is 5.92 Å². The number of pyridine rings is 1. The van der Waals surface area contributed by atoms with Crippen LogP contribution in [0.25, 0.3) is 0 Å². The number of rotatable bonds is 9. The standard InChI is InChI=1S/C28H29N3O5/c1-28(2,27(33)31-16-18-5-6-18)20-9-7-19(8-10-20)15-30-25(32)22-4-3-13-29-26(22)36-21-11-12-23-24(14-21)35-17-34-23/h3-4,7-14,18H,5-6,15-17H2,1-2H3,(H,30,32)(H,31,33). The van der Waals surface area contributed by atoms with Gasteiger partial charge in [0, 0.05) is 25.4 Å². The molecule has 2 aromatic carbocycles. The van der Waals surface area contributed by atoms with Gasteiger partial charge in [0.05, 0.1) is 5.41 Å². The Morgan fingerprint density at radius 1 is 1.03 bits per heavy atom. The van der Waals surface area contributed by atoms with Crippen molar-refractivity contribution in [2.75, 3.05) is 13.3 Å². The fraction of sp³-hybridized carbons (Fsp3) is 0.321. The lowest BCUT2D eigenvalue weighted by Crippen LogP contribution is -2.40. The first-order valence-electron chi connectivity index (χ1n) is 12.1. The molecule has 186 valence electrons. The Bertz CT molecular complexity index is 1270. The summed E-state index contributed by atoms with van der Waals surface area (Å²) in [5.74, 6) is 2.29. The molecule has 0 spiro atoms. The topological polar surface area (TPSA) is 98.8 Å². The third-order valence-electron chi connectivity index (χ3n) is 6.52. The van der Waals surface area contributed by atoms with Gasteiger partial charge in [-0.05, 0) is 68.0 Å². The van der Waals surface area contributed by atoms with Gasteiger partial charge >= 0.3 is 0 Å². The van der Waals surface area contributed by atoms with Gasteiger partial charge in [0.15, 0.2) is 11.5 Å². The maximum Gasteiger partial charge on any atom is 0.257 e. The predicted octanol–water partition coefficient (Wildman–Crippen LogP) is 4.34. The lowest BCUT2D eigenvalue weighted by Gasteiger charge is -2.24. The van der Waals surface area contributed by atoms with E-state index in [4.69, 9.17) is 14.2 Å². The van der Waals surface area contributed by atoms with Crippen LogP contribution in [0.4, 0.5) is 0 Å². The van der Waals surface area contributed by atoms with Gasteiger partial charge in [-0.3, -0.25) is 9.59 Å². The van der Waals surface area contributed by atoms with Gasteiger partial charge < -0.3 is 24.8 Å². The number of nitrogens with zero attached hydrogens (tertiary/aromatic N) is 1. The molecular weight excluding hydrogens is 458 g/mol. The Hall–Kier alpha value is -4.07. The van der Waals surface area contributed by atoms with Crippen LogP contribution in [-0.4, -0.2) is 30.1 Å². The summed E-state index contributed by atoms with van der Waals surface area (Å²) in [4.78, 5) is 29.8. The van der Waals surface area contributed by atoms with Gasteiger partial charge in [0.2, 0.25) is 18.6 Å². The number of carbonyl (C=O) groups excluding carboxylic acids is 2. The number of hydrogen-bond donors (Lipinski definition) is 2. The van der Waals surface area contributed by atoms with E-state index in [-0.39, 0.29) is 24.5 Å². The van der Waals surface area contributed by atoms with Crippen molar-refractivity contribution in [3.05, 3.63) is 77.5 Å². The summed E-state index contributed by atoms with van der Waals surface area (Å²) in [7, 11) is 0. The maximum absolute atomic E-state index is 12.9. The number of ether oxygens (including phenoxy) is 3. The van der Waals surface area contributed by atoms with Crippen LogP contribution in [0.3, 0.4) is 0 Å². The number of nitrogens with one attached hydrogen (secondary N) is 2. The van der Waals surface area contributed by atoms with E-state index in [1.54, 1.807) is 36.5 Å². The summed E-state index contributed by atoms with van der Waals surface area (Å²) in [6.07, 6.45) is 3.97. The third-order valence-corrected chi connectivity index (χ3v) is 6.52. The second kappa shape index (κ2) is 9.89. The van der Waals surface area contributed by atoms with Crippen molar-refractivity contribution in [1.29, 1.82) is 0 Å². The van der Waals surface area contributed by atoms with Crippen LogP contribution in [0.15, 0.2) is 60.8 Å². The summed E-state index contributed by atoms with van der Waals surface area (Å²) in [5.41, 5.74) is 1.54. The number of fused-ring (bicyclic) bond motifs is 1. The molecule has 0 radical (unpaired) electrons. The second-order valence-corrected chi connectivity index (χ2v) is 9.63. The van der Waals surface area contributed by atoms with Gasteiger partial charge in [0.1, 0.15) is 11.3 Å². The minimum atomic E-state index is -0.632. The molecule has 2 amide bonds. The van der Waals surface area contributed by atoms with Crippen molar-refractivity contribution < 1.29 is 23.8 Å². The minimum absolute atomic E-state index is 0.0296. The van der Waals surface area contributed by atoms with E-state index in [2.05, 4.69) is 15.6 Å². The van der Waals surface area contributed by atoms with Crippen molar-refractivity contribution in [1.82, 2.24) is 15.6 Å². The first kappa shape index (κ1) is 23.7. The van der Waals surface area contributed by atoms with Gasteiger partial charge in [-0.25, -0.2) is 4.98 Å². The predicted molar refractivity (Wildman–Crippen MR) is 133 cm³/mol. The average molecular weight is 488 g/mol. The molecular formula is C28H29N3O5. The lowest BCUT2D eigenvalue weighted by atomic mass is 9.83. The first-order chi connectivity index (χ1) is 17.4. The van der Waals surface area contributed by atoms with Gasteiger partial charge in [0.25, 0.3) is 5.91 Å². The monoisotopic (exact) mass is 487 g/mol. The molecule has 2 aliphatic rings. The molecule has 8 heteroatoms. The first-order valence-corrected chi connectivity index (χ1v) is 12.1. The number of amides is 2. The Kier molecular flexibility index (Phi) is 6.50. The average Bonchev–Trinajstić information content (AvgIpc) is 3.61. The molecule has 0 atom stereocenters. The molecule has 5 rings (SSSR count). The quantitative estimate of drug-likeness (QED) is 0.466. The molecule has 0 saturated heterocycles. The molecule has 8 nitrogen and oxygen atoms in total. The van der Waals surface area contributed by atoms with Crippen molar-refractivity contribution in [3.8, 4) is 23.1 Å². The lowest BCUT2D eigenvalue weighted by molar-refractivity contribution is -0.125. The highest BCUT2D eigenvalue weighted by atomic mass is 16.7. The molecule has 0 bridgehead atoms. The summed E-state index contributed by atoms with van der Waals surface area (Å²) in [5, 5.41) is 5.98. The number of benzene rings is 2. The summed E-state index contributed by atoms with van der Waals surface area (Å²) in [6, 6.07) is 16.3. The molecule has 1 fully saturated rings. The van der Waals surface area contributed by atoms with E-state index in [9.17, 15) is 9.59 Å². The Morgan fingerprint density at radius 3 is 2.58 bits per heavy atom. The molecule has 2 N–H and O–H groups in total. The Labute approximate surface area is 210 Å².